The summed E-state index contributed by atoms with van der Waals surface area (Å²) in [5, 5.41) is 0. The molecule has 0 aliphatic rings. The smallest absolute Gasteiger partial charge is 0.339 e. The van der Waals surface area contributed by atoms with E-state index in [0.29, 0.717) is 5.92 Å². The first-order chi connectivity index (χ1) is 4.77. The molecule has 0 aromatic heterocycles. The van der Waals surface area contributed by atoms with E-state index in [1.165, 1.54) is 0 Å². The standard InChI is InChI=1S/C7H14N.CH2Br.U/c1-4-5-8-6-7(2)3;1-2;/h5,7H,2,4,6H2,1,3H3;1H2;/q2*-1;+2. The largest absolute Gasteiger partial charge is 2.00 e. The predicted octanol–water partition coefficient (Wildman–Crippen LogP) is 3.11. The fourth-order valence-electron chi connectivity index (χ4n) is 0.384. The van der Waals surface area contributed by atoms with Gasteiger partial charge in [0.05, 0.1) is 0 Å². The minimum atomic E-state index is 0. The van der Waals surface area contributed by atoms with Gasteiger partial charge in [-0.05, 0) is 12.6 Å². The summed E-state index contributed by atoms with van der Waals surface area (Å²) in [7, 11) is 0. The molecule has 3 heteroatoms. The molecule has 0 aromatic carbocycles. The zero-order valence-corrected chi connectivity index (χ0v) is 13.1. The van der Waals surface area contributed by atoms with Crippen LogP contribution in [0.5, 0.6) is 0 Å². The third-order valence-electron chi connectivity index (χ3n) is 0.729. The van der Waals surface area contributed by atoms with Gasteiger partial charge >= 0.3 is 31.1 Å². The van der Waals surface area contributed by atoms with Gasteiger partial charge in [-0.3, -0.25) is 10.8 Å². The molecule has 0 aliphatic carbocycles. The summed E-state index contributed by atoms with van der Waals surface area (Å²) in [4.78, 5) is 4.10. The van der Waals surface area contributed by atoms with Crippen molar-refractivity contribution in [3.05, 3.63) is 12.8 Å². The monoisotopic (exact) mass is 443 g/mol. The van der Waals surface area contributed by atoms with Crippen LogP contribution in [-0.4, -0.2) is 12.8 Å². The molecule has 0 saturated carbocycles. The Labute approximate surface area is 103 Å². The second-order valence-electron chi connectivity index (χ2n) is 2.06. The molecular weight excluding hydrogens is 428 g/mol. The summed E-state index contributed by atoms with van der Waals surface area (Å²) in [5.74, 6) is 3.52. The molecule has 1 nitrogen and oxygen atoms in total. The van der Waals surface area contributed by atoms with Crippen molar-refractivity contribution in [1.29, 1.82) is 0 Å². The van der Waals surface area contributed by atoms with Crippen molar-refractivity contribution in [1.82, 2.24) is 0 Å². The van der Waals surface area contributed by atoms with Gasteiger partial charge in [-0.2, -0.15) is 5.92 Å². The summed E-state index contributed by atoms with van der Waals surface area (Å²) in [5.41, 5.74) is 0. The maximum absolute atomic E-state index is 4.10. The second-order valence-corrected chi connectivity index (χ2v) is 2.06. The molecule has 0 radical (unpaired) electrons. The van der Waals surface area contributed by atoms with Crippen LogP contribution in [0.1, 0.15) is 20.3 Å². The normalized spacial score (nSPS) is 11.4. The molecule has 0 fully saturated rings. The van der Waals surface area contributed by atoms with E-state index in [1.807, 2.05) is 6.21 Å². The van der Waals surface area contributed by atoms with Crippen LogP contribution in [0.4, 0.5) is 0 Å². The molecule has 64 valence electrons. The molecule has 0 amide bonds. The van der Waals surface area contributed by atoms with Gasteiger partial charge in [0.2, 0.25) is 0 Å². The molecular formula is C8H16BrNU. The van der Waals surface area contributed by atoms with Crippen LogP contribution in [-0.2, 0) is 0 Å². The van der Waals surface area contributed by atoms with E-state index in [1.54, 1.807) is 0 Å². The molecule has 0 saturated heterocycles. The van der Waals surface area contributed by atoms with E-state index in [9.17, 15) is 0 Å². The van der Waals surface area contributed by atoms with Crippen molar-refractivity contribution >= 4 is 22.1 Å². The predicted molar refractivity (Wildman–Crippen MR) is 52.5 cm³/mol. The van der Waals surface area contributed by atoms with E-state index in [2.05, 4.69) is 47.5 Å². The van der Waals surface area contributed by atoms with E-state index < -0.39 is 0 Å². The topological polar surface area (TPSA) is 12.4 Å². The number of halogens is 1. The van der Waals surface area contributed by atoms with Crippen molar-refractivity contribution < 1.29 is 31.1 Å². The molecule has 0 N–H and O–H groups in total. The van der Waals surface area contributed by atoms with Gasteiger partial charge in [0.1, 0.15) is 0 Å². The van der Waals surface area contributed by atoms with Crippen LogP contribution in [0.15, 0.2) is 4.99 Å². The van der Waals surface area contributed by atoms with Crippen LogP contribution in [0.25, 0.3) is 0 Å². The van der Waals surface area contributed by atoms with Crippen LogP contribution < -0.4 is 0 Å². The zero-order valence-electron chi connectivity index (χ0n) is 7.31. The zero-order chi connectivity index (χ0) is 8.41. The van der Waals surface area contributed by atoms with Crippen molar-refractivity contribution in [2.45, 2.75) is 20.3 Å². The average molecular weight is 444 g/mol. The van der Waals surface area contributed by atoms with Crippen molar-refractivity contribution in [2.75, 3.05) is 6.54 Å². The Balaban J connectivity index is -0.000000196. The molecule has 1 atom stereocenters. The first-order valence-electron chi connectivity index (χ1n) is 3.35. The fraction of sp³-hybridized carbons (Fsp3) is 0.625. The van der Waals surface area contributed by atoms with Crippen molar-refractivity contribution in [3.63, 3.8) is 0 Å². The van der Waals surface area contributed by atoms with Gasteiger partial charge in [-0.15, -0.1) is 0 Å². The summed E-state index contributed by atoms with van der Waals surface area (Å²) >= 11 is 2.69. The van der Waals surface area contributed by atoms with Crippen molar-refractivity contribution in [2.24, 2.45) is 10.9 Å². The molecule has 0 spiro atoms. The number of aliphatic imine (C=N–C) groups is 1. The SMILES string of the molecule is [CH2-]Br.[CH2-]C(C)CN=CCC.[U+2]. The van der Waals surface area contributed by atoms with Crippen LogP contribution >= 0.6 is 15.9 Å². The third kappa shape index (κ3) is 24.7. The summed E-state index contributed by atoms with van der Waals surface area (Å²) < 4.78 is 0. The van der Waals surface area contributed by atoms with E-state index in [4.69, 9.17) is 0 Å². The Kier molecular flexibility index (Phi) is 28.5. The molecule has 1 unspecified atom stereocenters. The Morgan fingerprint density at radius 2 is 2.00 bits per heavy atom. The Hall–Kier alpha value is 1.20. The molecule has 0 aliphatic heterocycles. The van der Waals surface area contributed by atoms with Gasteiger partial charge in [-0.25, -0.2) is 0 Å². The quantitative estimate of drug-likeness (QED) is 0.469. The van der Waals surface area contributed by atoms with E-state index in [-0.39, 0.29) is 31.1 Å². The molecule has 0 bridgehead atoms. The summed E-state index contributed by atoms with van der Waals surface area (Å²) in [6, 6.07) is 0. The maximum Gasteiger partial charge on any atom is 2.00 e. The molecule has 0 rings (SSSR count). The van der Waals surface area contributed by atoms with Crippen LogP contribution in [0.3, 0.4) is 0 Å². The van der Waals surface area contributed by atoms with E-state index >= 15 is 0 Å². The minimum absolute atomic E-state index is 0. The Morgan fingerprint density at radius 1 is 1.55 bits per heavy atom. The third-order valence-corrected chi connectivity index (χ3v) is 0.729. The number of nitrogens with zero attached hydrogens (tertiary/aromatic N) is 1. The number of hydrogen-bond donors (Lipinski definition) is 0. The van der Waals surface area contributed by atoms with Gasteiger partial charge < -0.3 is 22.9 Å². The minimum Gasteiger partial charge on any atom is -0.339 e. The van der Waals surface area contributed by atoms with Gasteiger partial charge in [0.25, 0.3) is 0 Å². The Morgan fingerprint density at radius 3 is 2.27 bits per heavy atom. The first-order valence-corrected chi connectivity index (χ1v) is 4.47. The maximum atomic E-state index is 4.10. The number of rotatable bonds is 3. The second kappa shape index (κ2) is 17.3. The fourth-order valence-corrected chi connectivity index (χ4v) is 0.384. The van der Waals surface area contributed by atoms with Crippen LogP contribution in [0.2, 0.25) is 0 Å². The van der Waals surface area contributed by atoms with E-state index in [0.717, 1.165) is 13.0 Å². The Bertz CT molecular complexity index is 74.5. The van der Waals surface area contributed by atoms with Gasteiger partial charge in [0, 0.05) is 6.54 Å². The number of hydrogen-bond acceptors (Lipinski definition) is 1. The van der Waals surface area contributed by atoms with Gasteiger partial charge in [-0.1, -0.05) is 13.8 Å². The first kappa shape index (κ1) is 18.1. The summed E-state index contributed by atoms with van der Waals surface area (Å²) in [6.07, 6.45) is 2.97. The van der Waals surface area contributed by atoms with Crippen molar-refractivity contribution in [3.8, 4) is 0 Å². The molecule has 11 heavy (non-hydrogen) atoms. The van der Waals surface area contributed by atoms with Crippen LogP contribution in [0, 0.1) is 49.8 Å². The average Bonchev–Trinajstić information content (AvgIpc) is 1.92. The van der Waals surface area contributed by atoms with Gasteiger partial charge in [0.15, 0.2) is 0 Å². The molecule has 0 aromatic rings. The molecule has 0 heterocycles. The summed E-state index contributed by atoms with van der Waals surface area (Å²) in [6.45, 7) is 8.81.